The van der Waals surface area contributed by atoms with Crippen LogP contribution in [0.2, 0.25) is 5.02 Å². The molecule has 2 rings (SSSR count). The average molecular weight is 383 g/mol. The number of benzene rings is 2. The van der Waals surface area contributed by atoms with Crippen molar-refractivity contribution in [2.75, 3.05) is 29.5 Å². The molecule has 0 fully saturated rings. The van der Waals surface area contributed by atoms with Crippen LogP contribution in [0.15, 0.2) is 48.5 Å². The van der Waals surface area contributed by atoms with Crippen molar-refractivity contribution in [3.63, 3.8) is 0 Å². The van der Waals surface area contributed by atoms with E-state index in [0.29, 0.717) is 22.1 Å². The van der Waals surface area contributed by atoms with Crippen LogP contribution >= 0.6 is 11.6 Å². The summed E-state index contributed by atoms with van der Waals surface area (Å²) >= 11 is 6.00. The quantitative estimate of drug-likeness (QED) is 0.798. The Morgan fingerprint density at radius 1 is 1.16 bits per heavy atom. The second-order valence-corrected chi connectivity index (χ2v) is 7.60. The van der Waals surface area contributed by atoms with E-state index < -0.39 is 10.0 Å². The van der Waals surface area contributed by atoms with Crippen molar-refractivity contribution in [1.29, 1.82) is 0 Å². The van der Waals surface area contributed by atoms with E-state index in [9.17, 15) is 13.2 Å². The van der Waals surface area contributed by atoms with Gasteiger partial charge in [0.15, 0.2) is 0 Å². The summed E-state index contributed by atoms with van der Waals surface area (Å²) in [5.41, 5.74) is 0.871. The minimum absolute atomic E-state index is 0.0184. The largest absolute Gasteiger partial charge is 0.495 e. The minimum atomic E-state index is -3.58. The average Bonchev–Trinajstić information content (AvgIpc) is 2.56. The predicted octanol–water partition coefficient (Wildman–Crippen LogP) is 3.14. The molecule has 0 saturated heterocycles. The summed E-state index contributed by atoms with van der Waals surface area (Å²) in [4.78, 5) is 12.2. The Balaban J connectivity index is 2.14. The molecule has 2 aromatic rings. The van der Waals surface area contributed by atoms with E-state index in [1.807, 2.05) is 0 Å². The number of rotatable bonds is 7. The number of sulfonamides is 1. The van der Waals surface area contributed by atoms with Crippen molar-refractivity contribution in [3.05, 3.63) is 53.6 Å². The molecule has 25 heavy (non-hydrogen) atoms. The maximum atomic E-state index is 12.2. The van der Waals surface area contributed by atoms with Gasteiger partial charge in [0, 0.05) is 13.0 Å². The fourth-order valence-electron chi connectivity index (χ4n) is 2.28. The molecule has 0 radical (unpaired) electrons. The van der Waals surface area contributed by atoms with Crippen molar-refractivity contribution in [1.82, 2.24) is 0 Å². The maximum Gasteiger partial charge on any atom is 0.232 e. The van der Waals surface area contributed by atoms with Crippen LogP contribution in [0.25, 0.3) is 0 Å². The van der Waals surface area contributed by atoms with E-state index in [0.717, 1.165) is 10.6 Å². The van der Waals surface area contributed by atoms with E-state index in [1.165, 1.54) is 7.11 Å². The first-order valence-corrected chi connectivity index (χ1v) is 9.70. The van der Waals surface area contributed by atoms with Crippen LogP contribution in [0.1, 0.15) is 6.42 Å². The van der Waals surface area contributed by atoms with Crippen molar-refractivity contribution in [2.45, 2.75) is 6.42 Å². The third-order valence-electron chi connectivity index (χ3n) is 3.44. The van der Waals surface area contributed by atoms with Crippen LogP contribution in [-0.4, -0.2) is 34.2 Å². The first kappa shape index (κ1) is 19.1. The molecule has 0 bridgehead atoms. The molecular formula is C17H19ClN2O4S. The predicted molar refractivity (Wildman–Crippen MR) is 99.9 cm³/mol. The number of nitrogens with zero attached hydrogens (tertiary/aromatic N) is 1. The van der Waals surface area contributed by atoms with Crippen LogP contribution in [0.4, 0.5) is 11.4 Å². The summed E-state index contributed by atoms with van der Waals surface area (Å²) in [5.74, 6) is 0.0797. The standard InChI is InChI=1S/C17H19ClN2O4S/c1-24-16-10-6-5-9-15(16)20(25(2,22)23)12-11-17(21)19-14-8-4-3-7-13(14)18/h3-10H,11-12H2,1-2H3,(H,19,21). The molecule has 0 aliphatic rings. The van der Waals surface area contributed by atoms with Gasteiger partial charge in [0.1, 0.15) is 5.75 Å². The van der Waals surface area contributed by atoms with Gasteiger partial charge in [0.25, 0.3) is 0 Å². The van der Waals surface area contributed by atoms with Gasteiger partial charge in [0.2, 0.25) is 15.9 Å². The lowest BCUT2D eigenvalue weighted by Crippen LogP contribution is -2.33. The number of amides is 1. The molecule has 0 aromatic heterocycles. The number of hydrogen-bond donors (Lipinski definition) is 1. The maximum absolute atomic E-state index is 12.2. The van der Waals surface area contributed by atoms with E-state index in [-0.39, 0.29) is 18.9 Å². The normalized spacial score (nSPS) is 11.0. The monoisotopic (exact) mass is 382 g/mol. The zero-order valence-corrected chi connectivity index (χ0v) is 15.5. The molecule has 0 aliphatic heterocycles. The molecule has 0 unspecified atom stereocenters. The summed E-state index contributed by atoms with van der Waals surface area (Å²) in [6, 6.07) is 13.6. The van der Waals surface area contributed by atoms with Gasteiger partial charge in [-0.05, 0) is 24.3 Å². The number of ether oxygens (including phenoxy) is 1. The number of carbonyl (C=O) groups is 1. The number of methoxy groups -OCH3 is 1. The number of para-hydroxylation sites is 3. The van der Waals surface area contributed by atoms with E-state index in [1.54, 1.807) is 48.5 Å². The third kappa shape index (κ3) is 5.11. The highest BCUT2D eigenvalue weighted by atomic mass is 35.5. The first-order chi connectivity index (χ1) is 11.8. The third-order valence-corrected chi connectivity index (χ3v) is 4.95. The lowest BCUT2D eigenvalue weighted by atomic mass is 10.2. The Morgan fingerprint density at radius 3 is 2.44 bits per heavy atom. The van der Waals surface area contributed by atoms with Gasteiger partial charge in [-0.3, -0.25) is 9.10 Å². The van der Waals surface area contributed by atoms with Crippen LogP contribution in [-0.2, 0) is 14.8 Å². The molecule has 2 aromatic carbocycles. The zero-order valence-electron chi connectivity index (χ0n) is 13.9. The number of halogens is 1. The second-order valence-electron chi connectivity index (χ2n) is 5.28. The van der Waals surface area contributed by atoms with Gasteiger partial charge in [0.05, 0.1) is 29.8 Å². The molecule has 0 spiro atoms. The Bertz CT molecular complexity index is 855. The smallest absolute Gasteiger partial charge is 0.232 e. The van der Waals surface area contributed by atoms with Gasteiger partial charge in [-0.1, -0.05) is 35.9 Å². The molecule has 1 amide bonds. The highest BCUT2D eigenvalue weighted by molar-refractivity contribution is 7.92. The SMILES string of the molecule is COc1ccccc1N(CCC(=O)Nc1ccccc1Cl)S(C)(=O)=O. The fourth-order valence-corrected chi connectivity index (χ4v) is 3.39. The van der Waals surface area contributed by atoms with Crippen molar-refractivity contribution < 1.29 is 17.9 Å². The van der Waals surface area contributed by atoms with E-state index in [4.69, 9.17) is 16.3 Å². The highest BCUT2D eigenvalue weighted by Crippen LogP contribution is 2.29. The molecule has 0 heterocycles. The lowest BCUT2D eigenvalue weighted by molar-refractivity contribution is -0.116. The fraction of sp³-hybridized carbons (Fsp3) is 0.235. The summed E-state index contributed by atoms with van der Waals surface area (Å²) < 4.78 is 30.7. The Hall–Kier alpha value is -2.25. The lowest BCUT2D eigenvalue weighted by Gasteiger charge is -2.24. The molecule has 0 saturated carbocycles. The Morgan fingerprint density at radius 2 is 1.80 bits per heavy atom. The molecule has 0 atom stereocenters. The number of anilines is 2. The first-order valence-electron chi connectivity index (χ1n) is 7.48. The topological polar surface area (TPSA) is 75.7 Å². The van der Waals surface area contributed by atoms with E-state index >= 15 is 0 Å². The van der Waals surface area contributed by atoms with E-state index in [2.05, 4.69) is 5.32 Å². The summed E-state index contributed by atoms with van der Waals surface area (Å²) in [7, 11) is -2.12. The molecule has 134 valence electrons. The molecule has 1 N–H and O–H groups in total. The number of carbonyl (C=O) groups excluding carboxylic acids is 1. The van der Waals surface area contributed by atoms with Gasteiger partial charge < -0.3 is 10.1 Å². The van der Waals surface area contributed by atoms with Crippen LogP contribution in [0.5, 0.6) is 5.75 Å². The van der Waals surface area contributed by atoms with Crippen molar-refractivity contribution >= 4 is 38.9 Å². The second kappa shape index (κ2) is 8.22. The van der Waals surface area contributed by atoms with Gasteiger partial charge in [-0.25, -0.2) is 8.42 Å². The minimum Gasteiger partial charge on any atom is -0.495 e. The van der Waals surface area contributed by atoms with Crippen LogP contribution in [0.3, 0.4) is 0 Å². The summed E-state index contributed by atoms with van der Waals surface area (Å²) in [6.45, 7) is -0.0184. The summed E-state index contributed by atoms with van der Waals surface area (Å²) in [6.07, 6.45) is 1.06. The molecule has 8 heteroatoms. The van der Waals surface area contributed by atoms with Gasteiger partial charge >= 0.3 is 0 Å². The molecular weight excluding hydrogens is 364 g/mol. The Labute approximate surface area is 152 Å². The highest BCUT2D eigenvalue weighted by Gasteiger charge is 2.21. The van der Waals surface area contributed by atoms with Crippen LogP contribution in [0, 0.1) is 0 Å². The summed E-state index contributed by atoms with van der Waals surface area (Å²) in [5, 5.41) is 3.09. The number of hydrogen-bond acceptors (Lipinski definition) is 4. The zero-order chi connectivity index (χ0) is 18.4. The van der Waals surface area contributed by atoms with Gasteiger partial charge in [-0.2, -0.15) is 0 Å². The molecule has 6 nitrogen and oxygen atoms in total. The number of nitrogens with one attached hydrogen (secondary N) is 1. The molecule has 0 aliphatic carbocycles. The Kier molecular flexibility index (Phi) is 6.27. The van der Waals surface area contributed by atoms with Gasteiger partial charge in [-0.15, -0.1) is 0 Å². The van der Waals surface area contributed by atoms with Crippen molar-refractivity contribution in [2.24, 2.45) is 0 Å². The van der Waals surface area contributed by atoms with Crippen LogP contribution < -0.4 is 14.4 Å². The van der Waals surface area contributed by atoms with Crippen molar-refractivity contribution in [3.8, 4) is 5.75 Å².